The Morgan fingerprint density at radius 3 is 2.00 bits per heavy atom. The second kappa shape index (κ2) is 8.75. The minimum absolute atomic E-state index is 0. The summed E-state index contributed by atoms with van der Waals surface area (Å²) in [6.07, 6.45) is 12.1. The molecular formula is C12H22O2PS2Zn-. The van der Waals surface area contributed by atoms with Crippen molar-refractivity contribution in [3.05, 3.63) is 0 Å². The first-order valence-corrected chi connectivity index (χ1v) is 11.0. The van der Waals surface area contributed by atoms with Crippen LogP contribution in [0.2, 0.25) is 0 Å². The van der Waals surface area contributed by atoms with Gasteiger partial charge in [-0.15, -0.1) is 11.4 Å². The Kier molecular flexibility index (Phi) is 8.55. The Morgan fingerprint density at radius 2 is 1.44 bits per heavy atom. The zero-order chi connectivity index (χ0) is 12.1. The van der Waals surface area contributed by atoms with Crippen molar-refractivity contribution in [1.29, 1.82) is 0 Å². The van der Waals surface area contributed by atoms with Crippen LogP contribution in [-0.4, -0.2) is 11.4 Å². The zero-order valence-electron chi connectivity index (χ0n) is 11.0. The van der Waals surface area contributed by atoms with E-state index in [1.165, 1.54) is 62.7 Å². The average Bonchev–Trinajstić information content (AvgIpc) is 2.30. The van der Waals surface area contributed by atoms with Gasteiger partial charge in [0.2, 0.25) is 0 Å². The number of rotatable bonds is 4. The van der Waals surface area contributed by atoms with E-state index in [-0.39, 0.29) is 25.6 Å². The first kappa shape index (κ1) is 17.6. The van der Waals surface area contributed by atoms with Gasteiger partial charge in [-0.05, 0) is 25.7 Å². The summed E-state index contributed by atoms with van der Waals surface area (Å²) in [6, 6.07) is 0. The molecule has 2 rings (SSSR count). The fraction of sp³-hybridized carbons (Fsp3) is 1.00. The fourth-order valence-corrected chi connectivity index (χ4v) is 7.97. The smallest absolute Gasteiger partial charge is 0.0622 e. The van der Waals surface area contributed by atoms with Crippen LogP contribution < -0.4 is 4.89 Å². The first-order valence-electron chi connectivity index (χ1n) is 6.83. The van der Waals surface area contributed by atoms with Gasteiger partial charge in [-0.1, -0.05) is 50.3 Å². The summed E-state index contributed by atoms with van der Waals surface area (Å²) in [5.74, 6) is 0. The molecule has 2 aliphatic carbocycles. The van der Waals surface area contributed by atoms with Gasteiger partial charge in [-0.3, -0.25) is 0 Å². The molecule has 2 aliphatic rings. The molecule has 2 fully saturated rings. The van der Waals surface area contributed by atoms with Crippen LogP contribution >= 0.6 is 17.1 Å². The Bertz CT molecular complexity index is 255. The normalized spacial score (nSPS) is 26.3. The van der Waals surface area contributed by atoms with E-state index in [9.17, 15) is 4.89 Å². The first-order chi connectivity index (χ1) is 8.16. The summed E-state index contributed by atoms with van der Waals surface area (Å²) in [6.45, 7) is 0. The average molecular weight is 359 g/mol. The molecule has 0 amide bonds. The molecule has 1 atom stereocenters. The third-order valence-corrected chi connectivity index (χ3v) is 8.20. The van der Waals surface area contributed by atoms with E-state index in [1.54, 1.807) is 0 Å². The molecule has 0 aromatic rings. The van der Waals surface area contributed by atoms with Crippen LogP contribution in [0.25, 0.3) is 0 Å². The Balaban J connectivity index is 0.00000162. The summed E-state index contributed by atoms with van der Waals surface area (Å²) < 4.78 is 5.71. The summed E-state index contributed by atoms with van der Waals surface area (Å²) in [4.78, 5) is 12.3. The molecule has 0 spiro atoms. The van der Waals surface area contributed by atoms with Crippen molar-refractivity contribution < 1.29 is 28.9 Å². The van der Waals surface area contributed by atoms with Crippen molar-refractivity contribution in [1.82, 2.24) is 0 Å². The standard InChI is InChI=1S/C12H23O2PS2.Zn/c13-15(16,14-11-7-3-1-4-8-11)17-12-9-5-2-6-10-12;/h11-12H,1-10H2,(H,13,16);/p-1. The monoisotopic (exact) mass is 357 g/mol. The van der Waals surface area contributed by atoms with Gasteiger partial charge in [0.25, 0.3) is 0 Å². The molecule has 0 saturated heterocycles. The molecule has 102 valence electrons. The van der Waals surface area contributed by atoms with Gasteiger partial charge in [0.15, 0.2) is 0 Å². The molecule has 2 saturated carbocycles. The van der Waals surface area contributed by atoms with Gasteiger partial charge in [0.1, 0.15) is 0 Å². The molecule has 0 N–H and O–H groups in total. The molecule has 0 aliphatic heterocycles. The van der Waals surface area contributed by atoms with Crippen LogP contribution in [0.5, 0.6) is 0 Å². The zero-order valence-corrected chi connectivity index (χ0v) is 16.5. The molecule has 0 radical (unpaired) electrons. The second-order valence-electron chi connectivity index (χ2n) is 5.18. The van der Waals surface area contributed by atoms with Crippen LogP contribution in [0.3, 0.4) is 0 Å². The minimum Gasteiger partial charge on any atom is -0.793 e. The van der Waals surface area contributed by atoms with Crippen molar-refractivity contribution in [2.45, 2.75) is 75.6 Å². The van der Waals surface area contributed by atoms with Gasteiger partial charge < -0.3 is 9.42 Å². The molecular weight excluding hydrogens is 337 g/mol. The minimum atomic E-state index is -2.83. The fourth-order valence-electron chi connectivity index (χ4n) is 2.73. The second-order valence-corrected chi connectivity index (χ2v) is 11.4. The van der Waals surface area contributed by atoms with Gasteiger partial charge in [-0.2, -0.15) is 0 Å². The van der Waals surface area contributed by atoms with Gasteiger partial charge in [-0.25, -0.2) is 0 Å². The summed E-state index contributed by atoms with van der Waals surface area (Å²) in [7, 11) is 0. The van der Waals surface area contributed by atoms with Gasteiger partial charge in [0, 0.05) is 30.4 Å². The van der Waals surface area contributed by atoms with Crippen LogP contribution in [-0.2, 0) is 35.8 Å². The van der Waals surface area contributed by atoms with Crippen molar-refractivity contribution in [3.8, 4) is 0 Å². The maximum atomic E-state index is 12.3. The molecule has 0 aromatic carbocycles. The van der Waals surface area contributed by atoms with E-state index in [1.807, 2.05) is 0 Å². The summed E-state index contributed by atoms with van der Waals surface area (Å²) in [5, 5.41) is 0.482. The third kappa shape index (κ3) is 6.33. The molecule has 0 aromatic heterocycles. The van der Waals surface area contributed by atoms with Gasteiger partial charge in [0.05, 0.1) is 6.10 Å². The van der Waals surface area contributed by atoms with E-state index in [0.29, 0.717) is 5.25 Å². The van der Waals surface area contributed by atoms with Crippen LogP contribution in [0.15, 0.2) is 0 Å². The van der Waals surface area contributed by atoms with Crippen molar-refractivity contribution >= 4 is 28.9 Å². The predicted octanol–water partition coefficient (Wildman–Crippen LogP) is 3.98. The quantitative estimate of drug-likeness (QED) is 0.562. The molecule has 18 heavy (non-hydrogen) atoms. The molecule has 2 nitrogen and oxygen atoms in total. The Labute approximate surface area is 133 Å². The SMILES string of the molecule is [O-]P(=S)(OC1CCCCC1)SC1CCCCC1.[Zn]. The Morgan fingerprint density at radius 1 is 0.944 bits per heavy atom. The maximum absolute atomic E-state index is 12.3. The van der Waals surface area contributed by atoms with Crippen molar-refractivity contribution in [2.75, 3.05) is 0 Å². The molecule has 1 unspecified atom stereocenters. The van der Waals surface area contributed by atoms with E-state index < -0.39 is 5.69 Å². The molecule has 0 bridgehead atoms. The van der Waals surface area contributed by atoms with Crippen LogP contribution in [0.4, 0.5) is 0 Å². The number of hydrogen-bond acceptors (Lipinski definition) is 4. The van der Waals surface area contributed by atoms with Crippen LogP contribution in [0.1, 0.15) is 64.2 Å². The largest absolute Gasteiger partial charge is 0.793 e. The third-order valence-electron chi connectivity index (χ3n) is 3.66. The van der Waals surface area contributed by atoms with E-state index in [4.69, 9.17) is 16.3 Å². The predicted molar refractivity (Wildman–Crippen MR) is 76.7 cm³/mol. The number of hydrogen-bond donors (Lipinski definition) is 0. The summed E-state index contributed by atoms with van der Waals surface area (Å²) >= 11 is 6.67. The Hall–Kier alpha value is 1.54. The molecule has 6 heteroatoms. The molecule has 0 heterocycles. The van der Waals surface area contributed by atoms with Crippen LogP contribution in [0, 0.1) is 0 Å². The summed E-state index contributed by atoms with van der Waals surface area (Å²) in [5.41, 5.74) is -2.83. The van der Waals surface area contributed by atoms with E-state index >= 15 is 0 Å². The maximum Gasteiger partial charge on any atom is 0.0622 e. The van der Waals surface area contributed by atoms with Gasteiger partial charge >= 0.3 is 0 Å². The van der Waals surface area contributed by atoms with Crippen molar-refractivity contribution in [3.63, 3.8) is 0 Å². The van der Waals surface area contributed by atoms with Crippen molar-refractivity contribution in [2.24, 2.45) is 0 Å². The van der Waals surface area contributed by atoms with E-state index in [2.05, 4.69) is 0 Å². The van der Waals surface area contributed by atoms with E-state index in [0.717, 1.165) is 12.8 Å². The topological polar surface area (TPSA) is 32.3 Å².